The predicted molar refractivity (Wildman–Crippen MR) is 115 cm³/mol. The summed E-state index contributed by atoms with van der Waals surface area (Å²) < 4.78 is 27.5. The van der Waals surface area contributed by atoms with Crippen molar-refractivity contribution in [3.63, 3.8) is 0 Å². The molecule has 0 spiro atoms. The monoisotopic (exact) mass is 424 g/mol. The summed E-state index contributed by atoms with van der Waals surface area (Å²) in [4.78, 5) is 25.0. The number of carbonyl (C=O) groups excluding carboxylic acids is 1. The summed E-state index contributed by atoms with van der Waals surface area (Å²) in [6.07, 6.45) is 0. The number of rotatable bonds is 5. The Balaban J connectivity index is 1.84. The minimum absolute atomic E-state index is 0.0653. The van der Waals surface area contributed by atoms with Gasteiger partial charge in [0.25, 0.3) is 0 Å². The maximum Gasteiger partial charge on any atom is 0.343 e. The topological polar surface area (TPSA) is 84.2 Å². The van der Waals surface area contributed by atoms with Crippen molar-refractivity contribution < 1.29 is 28.2 Å². The van der Waals surface area contributed by atoms with Crippen molar-refractivity contribution in [1.29, 1.82) is 0 Å². The summed E-state index contributed by atoms with van der Waals surface area (Å²) in [5.74, 6) is 1.81. The van der Waals surface area contributed by atoms with Gasteiger partial charge >= 0.3 is 5.97 Å². The number of hydrogen-bond acceptors (Lipinski definition) is 7. The molecule has 162 valence electrons. The van der Waals surface area contributed by atoms with Crippen molar-refractivity contribution in [2.45, 2.75) is 26.7 Å². The quantitative estimate of drug-likeness (QED) is 0.567. The molecule has 0 amide bonds. The number of aryl methyl sites for hydroxylation is 1. The average molecular weight is 424 g/mol. The summed E-state index contributed by atoms with van der Waals surface area (Å²) >= 11 is 0. The second-order valence-electron chi connectivity index (χ2n) is 7.63. The Hall–Kier alpha value is -3.48. The first-order valence-electron chi connectivity index (χ1n) is 10.1. The number of benzene rings is 2. The molecular formula is C24H24O7. The van der Waals surface area contributed by atoms with Crippen molar-refractivity contribution in [3.8, 4) is 28.4 Å². The zero-order chi connectivity index (χ0) is 22.1. The maximum absolute atomic E-state index is 13.5. The lowest BCUT2D eigenvalue weighted by Gasteiger charge is -2.19. The van der Waals surface area contributed by atoms with Gasteiger partial charge in [0, 0.05) is 6.07 Å². The Morgan fingerprint density at radius 3 is 2.55 bits per heavy atom. The SMILES string of the molecule is COC(=O)COc1cc2oc(C)c(-c3ccc4c(c3)OCCO4)c(=O)c2cc1C(C)C. The molecule has 0 atom stereocenters. The smallest absolute Gasteiger partial charge is 0.343 e. The number of ether oxygens (including phenoxy) is 4. The summed E-state index contributed by atoms with van der Waals surface area (Å²) in [6.45, 7) is 6.47. The van der Waals surface area contributed by atoms with Crippen LogP contribution in [0.25, 0.3) is 22.1 Å². The normalized spacial score (nSPS) is 12.8. The van der Waals surface area contributed by atoms with E-state index < -0.39 is 5.97 Å². The summed E-state index contributed by atoms with van der Waals surface area (Å²) in [6, 6.07) is 8.87. The molecule has 1 aromatic heterocycles. The highest BCUT2D eigenvalue weighted by Crippen LogP contribution is 2.36. The molecule has 0 unspecified atom stereocenters. The molecule has 0 N–H and O–H groups in total. The first-order valence-corrected chi connectivity index (χ1v) is 10.1. The average Bonchev–Trinajstić information content (AvgIpc) is 2.76. The molecule has 1 aliphatic rings. The zero-order valence-electron chi connectivity index (χ0n) is 17.9. The van der Waals surface area contributed by atoms with Gasteiger partial charge in [0.1, 0.15) is 30.3 Å². The fraction of sp³-hybridized carbons (Fsp3) is 0.333. The molecule has 31 heavy (non-hydrogen) atoms. The van der Waals surface area contributed by atoms with Gasteiger partial charge in [-0.2, -0.15) is 0 Å². The minimum Gasteiger partial charge on any atom is -0.486 e. The second kappa shape index (κ2) is 8.34. The third kappa shape index (κ3) is 3.95. The van der Waals surface area contributed by atoms with Crippen molar-refractivity contribution in [2.24, 2.45) is 0 Å². The Morgan fingerprint density at radius 2 is 1.84 bits per heavy atom. The van der Waals surface area contributed by atoms with Gasteiger partial charge in [-0.15, -0.1) is 0 Å². The first kappa shape index (κ1) is 20.8. The van der Waals surface area contributed by atoms with Crippen LogP contribution in [0, 0.1) is 6.92 Å². The van der Waals surface area contributed by atoms with Crippen LogP contribution in [0.1, 0.15) is 31.1 Å². The Bertz CT molecular complexity index is 1210. The molecule has 3 aromatic rings. The van der Waals surface area contributed by atoms with E-state index in [0.717, 1.165) is 5.56 Å². The highest BCUT2D eigenvalue weighted by atomic mass is 16.6. The lowest BCUT2D eigenvalue weighted by molar-refractivity contribution is -0.142. The lowest BCUT2D eigenvalue weighted by Crippen LogP contribution is -2.16. The van der Waals surface area contributed by atoms with E-state index >= 15 is 0 Å². The van der Waals surface area contributed by atoms with E-state index in [2.05, 4.69) is 4.74 Å². The molecule has 0 bridgehead atoms. The minimum atomic E-state index is -0.485. The molecule has 2 aromatic carbocycles. The molecule has 2 heterocycles. The lowest BCUT2D eigenvalue weighted by atomic mass is 9.97. The van der Waals surface area contributed by atoms with Gasteiger partial charge < -0.3 is 23.4 Å². The van der Waals surface area contributed by atoms with Crippen LogP contribution in [0.5, 0.6) is 17.2 Å². The fourth-order valence-corrected chi connectivity index (χ4v) is 3.66. The van der Waals surface area contributed by atoms with Crippen LogP contribution in [0.2, 0.25) is 0 Å². The first-order chi connectivity index (χ1) is 14.9. The van der Waals surface area contributed by atoms with Crippen LogP contribution >= 0.6 is 0 Å². The van der Waals surface area contributed by atoms with Crippen molar-refractivity contribution in [3.05, 3.63) is 51.9 Å². The summed E-state index contributed by atoms with van der Waals surface area (Å²) in [5, 5.41) is 0.449. The molecule has 1 aliphatic heterocycles. The number of hydrogen-bond donors (Lipinski definition) is 0. The largest absolute Gasteiger partial charge is 0.486 e. The Morgan fingerprint density at radius 1 is 1.10 bits per heavy atom. The van der Waals surface area contributed by atoms with Gasteiger partial charge in [-0.1, -0.05) is 19.9 Å². The number of carbonyl (C=O) groups is 1. The predicted octanol–water partition coefficient (Wildman–Crippen LogP) is 4.21. The molecule has 0 saturated carbocycles. The van der Waals surface area contributed by atoms with Crippen LogP contribution in [-0.4, -0.2) is 32.9 Å². The number of methoxy groups -OCH3 is 1. The van der Waals surface area contributed by atoms with E-state index in [1.165, 1.54) is 7.11 Å². The number of fused-ring (bicyclic) bond motifs is 2. The molecule has 0 saturated heterocycles. The molecule has 4 rings (SSSR count). The molecule has 7 nitrogen and oxygen atoms in total. The molecule has 0 radical (unpaired) electrons. The van der Waals surface area contributed by atoms with Gasteiger partial charge in [-0.05, 0) is 42.2 Å². The van der Waals surface area contributed by atoms with Crippen molar-refractivity contribution in [2.75, 3.05) is 26.9 Å². The molecule has 0 fully saturated rings. The summed E-state index contributed by atoms with van der Waals surface area (Å²) in [7, 11) is 1.30. The molecular weight excluding hydrogens is 400 g/mol. The Labute approximate surface area is 179 Å². The Kier molecular flexibility index (Phi) is 5.59. The van der Waals surface area contributed by atoms with Gasteiger partial charge in [-0.3, -0.25) is 4.79 Å². The zero-order valence-corrected chi connectivity index (χ0v) is 17.9. The van der Waals surface area contributed by atoms with Gasteiger partial charge in [0.2, 0.25) is 5.43 Å². The molecule has 0 aliphatic carbocycles. The third-order valence-corrected chi connectivity index (χ3v) is 5.22. The summed E-state index contributed by atoms with van der Waals surface area (Å²) in [5.41, 5.74) is 2.24. The second-order valence-corrected chi connectivity index (χ2v) is 7.63. The van der Waals surface area contributed by atoms with E-state index in [1.54, 1.807) is 31.2 Å². The standard InChI is InChI=1S/C24H24O7/c1-13(2)16-10-17-20(11-19(16)30-12-22(25)27-4)31-14(3)23(24(17)26)15-5-6-18-21(9-15)29-8-7-28-18/h5-6,9-11,13H,7-8,12H2,1-4H3. The van der Waals surface area contributed by atoms with Gasteiger partial charge in [-0.25, -0.2) is 4.79 Å². The van der Waals surface area contributed by atoms with Crippen LogP contribution in [0.3, 0.4) is 0 Å². The van der Waals surface area contributed by atoms with E-state index in [9.17, 15) is 9.59 Å². The van der Waals surface area contributed by atoms with Crippen LogP contribution in [0.4, 0.5) is 0 Å². The molecule has 7 heteroatoms. The van der Waals surface area contributed by atoms with Crippen molar-refractivity contribution >= 4 is 16.9 Å². The van der Waals surface area contributed by atoms with E-state index in [1.807, 2.05) is 19.9 Å². The highest BCUT2D eigenvalue weighted by Gasteiger charge is 2.20. The van der Waals surface area contributed by atoms with Gasteiger partial charge in [0.05, 0.1) is 18.1 Å². The van der Waals surface area contributed by atoms with Crippen LogP contribution < -0.4 is 19.6 Å². The fourth-order valence-electron chi connectivity index (χ4n) is 3.66. The number of esters is 1. The maximum atomic E-state index is 13.5. The van der Waals surface area contributed by atoms with Crippen LogP contribution in [-0.2, 0) is 9.53 Å². The van der Waals surface area contributed by atoms with Crippen molar-refractivity contribution in [1.82, 2.24) is 0 Å². The van der Waals surface area contributed by atoms with E-state index in [-0.39, 0.29) is 18.0 Å². The van der Waals surface area contributed by atoms with E-state index in [0.29, 0.717) is 58.3 Å². The van der Waals surface area contributed by atoms with Gasteiger partial charge in [0.15, 0.2) is 18.1 Å². The highest BCUT2D eigenvalue weighted by molar-refractivity contribution is 5.85. The van der Waals surface area contributed by atoms with Crippen LogP contribution in [0.15, 0.2) is 39.5 Å². The van der Waals surface area contributed by atoms with E-state index in [4.69, 9.17) is 18.6 Å². The third-order valence-electron chi connectivity index (χ3n) is 5.22.